The number of amides is 1. The van der Waals surface area contributed by atoms with Crippen molar-refractivity contribution in [1.29, 1.82) is 0 Å². The fourth-order valence-electron chi connectivity index (χ4n) is 1.90. The van der Waals surface area contributed by atoms with Crippen LogP contribution in [-0.2, 0) is 0 Å². The summed E-state index contributed by atoms with van der Waals surface area (Å²) in [5.41, 5.74) is 8.69. The molecule has 2 rings (SSSR count). The Morgan fingerprint density at radius 2 is 1.85 bits per heavy atom. The lowest BCUT2D eigenvalue weighted by Gasteiger charge is -2.15. The van der Waals surface area contributed by atoms with E-state index in [1.54, 1.807) is 24.3 Å². The fourth-order valence-corrected chi connectivity index (χ4v) is 1.90. The van der Waals surface area contributed by atoms with Gasteiger partial charge in [-0.15, -0.1) is 0 Å². The SMILES string of the molecule is Cc1ccc(C(=O)NC(C)c2ccc(F)cc2)cc1N. The van der Waals surface area contributed by atoms with Crippen molar-refractivity contribution in [2.24, 2.45) is 0 Å². The molecule has 0 spiro atoms. The first-order valence-corrected chi connectivity index (χ1v) is 6.40. The van der Waals surface area contributed by atoms with Crippen LogP contribution in [0.4, 0.5) is 10.1 Å². The molecule has 0 saturated carbocycles. The summed E-state index contributed by atoms with van der Waals surface area (Å²) in [5, 5.41) is 2.86. The topological polar surface area (TPSA) is 55.1 Å². The predicted molar refractivity (Wildman–Crippen MR) is 77.9 cm³/mol. The summed E-state index contributed by atoms with van der Waals surface area (Å²) in [7, 11) is 0. The second-order valence-corrected chi connectivity index (χ2v) is 4.82. The fraction of sp³-hybridized carbons (Fsp3) is 0.188. The van der Waals surface area contributed by atoms with Crippen LogP contribution in [0.25, 0.3) is 0 Å². The number of benzene rings is 2. The first-order valence-electron chi connectivity index (χ1n) is 6.40. The van der Waals surface area contributed by atoms with E-state index < -0.39 is 0 Å². The van der Waals surface area contributed by atoms with Gasteiger partial charge in [0.1, 0.15) is 5.82 Å². The Kier molecular flexibility index (Phi) is 4.03. The highest BCUT2D eigenvalue weighted by molar-refractivity contribution is 5.95. The van der Waals surface area contributed by atoms with Crippen LogP contribution in [0.5, 0.6) is 0 Å². The minimum absolute atomic E-state index is 0.200. The number of rotatable bonds is 3. The van der Waals surface area contributed by atoms with Crippen molar-refractivity contribution in [2.45, 2.75) is 19.9 Å². The van der Waals surface area contributed by atoms with Crippen LogP contribution < -0.4 is 11.1 Å². The Hall–Kier alpha value is -2.36. The molecule has 2 aromatic carbocycles. The Bertz CT molecular complexity index is 623. The summed E-state index contributed by atoms with van der Waals surface area (Å²) in [6.45, 7) is 3.74. The molecule has 0 heterocycles. The van der Waals surface area contributed by atoms with Crippen LogP contribution in [0, 0.1) is 12.7 Å². The first-order chi connectivity index (χ1) is 9.47. The number of hydrogen-bond donors (Lipinski definition) is 2. The predicted octanol–water partition coefficient (Wildman–Crippen LogP) is 3.21. The maximum absolute atomic E-state index is 12.9. The second kappa shape index (κ2) is 5.74. The molecular formula is C16H17FN2O. The number of nitrogen functional groups attached to an aromatic ring is 1. The highest BCUT2D eigenvalue weighted by Crippen LogP contribution is 2.16. The Labute approximate surface area is 117 Å². The number of anilines is 1. The molecule has 0 aromatic heterocycles. The van der Waals surface area contributed by atoms with Crippen molar-refractivity contribution in [2.75, 3.05) is 5.73 Å². The van der Waals surface area contributed by atoms with Crippen molar-refractivity contribution in [1.82, 2.24) is 5.32 Å². The monoisotopic (exact) mass is 272 g/mol. The average Bonchev–Trinajstić information content (AvgIpc) is 2.42. The van der Waals surface area contributed by atoms with Crippen molar-refractivity contribution >= 4 is 11.6 Å². The molecule has 1 atom stereocenters. The van der Waals surface area contributed by atoms with Gasteiger partial charge in [0.2, 0.25) is 0 Å². The molecule has 0 aliphatic carbocycles. The van der Waals surface area contributed by atoms with E-state index in [2.05, 4.69) is 5.32 Å². The van der Waals surface area contributed by atoms with Gasteiger partial charge in [-0.1, -0.05) is 18.2 Å². The van der Waals surface area contributed by atoms with Gasteiger partial charge in [-0.25, -0.2) is 4.39 Å². The van der Waals surface area contributed by atoms with E-state index >= 15 is 0 Å². The van der Waals surface area contributed by atoms with Gasteiger partial charge in [0.25, 0.3) is 5.91 Å². The third-order valence-corrected chi connectivity index (χ3v) is 3.26. The maximum atomic E-state index is 12.9. The third-order valence-electron chi connectivity index (χ3n) is 3.26. The molecule has 3 N–H and O–H groups in total. The summed E-state index contributed by atoms with van der Waals surface area (Å²) < 4.78 is 12.9. The molecule has 1 unspecified atom stereocenters. The molecule has 0 radical (unpaired) electrons. The molecule has 2 aromatic rings. The van der Waals surface area contributed by atoms with Gasteiger partial charge in [-0.3, -0.25) is 4.79 Å². The zero-order valence-corrected chi connectivity index (χ0v) is 11.5. The van der Waals surface area contributed by atoms with Gasteiger partial charge in [0, 0.05) is 11.3 Å². The number of hydrogen-bond acceptors (Lipinski definition) is 2. The number of halogens is 1. The number of nitrogens with two attached hydrogens (primary N) is 1. The Morgan fingerprint density at radius 1 is 1.20 bits per heavy atom. The van der Waals surface area contributed by atoms with Crippen LogP contribution >= 0.6 is 0 Å². The van der Waals surface area contributed by atoms with Crippen molar-refractivity contribution in [3.63, 3.8) is 0 Å². The zero-order chi connectivity index (χ0) is 14.7. The molecule has 0 bridgehead atoms. The molecule has 4 heteroatoms. The van der Waals surface area contributed by atoms with Gasteiger partial charge in [0.05, 0.1) is 6.04 Å². The summed E-state index contributed by atoms with van der Waals surface area (Å²) in [6, 6.07) is 11.1. The summed E-state index contributed by atoms with van der Waals surface area (Å²) in [5.74, 6) is -0.493. The molecule has 104 valence electrons. The second-order valence-electron chi connectivity index (χ2n) is 4.82. The van der Waals surface area contributed by atoms with Gasteiger partial charge in [0.15, 0.2) is 0 Å². The molecule has 20 heavy (non-hydrogen) atoms. The number of carbonyl (C=O) groups excluding carboxylic acids is 1. The van der Waals surface area contributed by atoms with E-state index in [0.717, 1.165) is 11.1 Å². The summed E-state index contributed by atoms with van der Waals surface area (Å²) in [6.07, 6.45) is 0. The van der Waals surface area contributed by atoms with Crippen LogP contribution in [0.2, 0.25) is 0 Å². The molecule has 1 amide bonds. The van der Waals surface area contributed by atoms with E-state index in [-0.39, 0.29) is 17.8 Å². The normalized spacial score (nSPS) is 11.9. The Morgan fingerprint density at radius 3 is 2.45 bits per heavy atom. The number of aryl methyl sites for hydroxylation is 1. The van der Waals surface area contributed by atoms with Gasteiger partial charge >= 0.3 is 0 Å². The van der Waals surface area contributed by atoms with Gasteiger partial charge in [-0.2, -0.15) is 0 Å². The number of nitrogens with one attached hydrogen (secondary N) is 1. The quantitative estimate of drug-likeness (QED) is 0.843. The summed E-state index contributed by atoms with van der Waals surface area (Å²) >= 11 is 0. The third kappa shape index (κ3) is 3.15. The largest absolute Gasteiger partial charge is 0.398 e. The minimum Gasteiger partial charge on any atom is -0.398 e. The molecule has 0 aliphatic heterocycles. The van der Waals surface area contributed by atoms with E-state index in [4.69, 9.17) is 5.73 Å². The zero-order valence-electron chi connectivity index (χ0n) is 11.5. The van der Waals surface area contributed by atoms with Crippen molar-refractivity contribution < 1.29 is 9.18 Å². The highest BCUT2D eigenvalue weighted by Gasteiger charge is 2.12. The maximum Gasteiger partial charge on any atom is 0.251 e. The molecule has 3 nitrogen and oxygen atoms in total. The minimum atomic E-state index is -0.293. The van der Waals surface area contributed by atoms with Crippen LogP contribution in [-0.4, -0.2) is 5.91 Å². The van der Waals surface area contributed by atoms with E-state index in [0.29, 0.717) is 11.3 Å². The van der Waals surface area contributed by atoms with Crippen LogP contribution in [0.1, 0.15) is 34.5 Å². The lowest BCUT2D eigenvalue weighted by atomic mass is 10.1. The van der Waals surface area contributed by atoms with Crippen LogP contribution in [0.3, 0.4) is 0 Å². The van der Waals surface area contributed by atoms with Gasteiger partial charge in [-0.05, 0) is 49.2 Å². The first kappa shape index (κ1) is 14.1. The van der Waals surface area contributed by atoms with E-state index in [1.165, 1.54) is 12.1 Å². The number of carbonyl (C=O) groups is 1. The summed E-state index contributed by atoms with van der Waals surface area (Å²) in [4.78, 5) is 12.1. The smallest absolute Gasteiger partial charge is 0.251 e. The Balaban J connectivity index is 2.10. The average molecular weight is 272 g/mol. The lowest BCUT2D eigenvalue weighted by Crippen LogP contribution is -2.26. The van der Waals surface area contributed by atoms with E-state index in [1.807, 2.05) is 19.9 Å². The molecule has 0 fully saturated rings. The highest BCUT2D eigenvalue weighted by atomic mass is 19.1. The standard InChI is InChI=1S/C16H17FN2O/c1-10-3-4-13(9-15(10)18)16(20)19-11(2)12-5-7-14(17)8-6-12/h3-9,11H,18H2,1-2H3,(H,19,20). The van der Waals surface area contributed by atoms with Crippen molar-refractivity contribution in [3.05, 3.63) is 65.0 Å². The van der Waals surface area contributed by atoms with Gasteiger partial charge < -0.3 is 11.1 Å². The van der Waals surface area contributed by atoms with Crippen molar-refractivity contribution in [3.8, 4) is 0 Å². The molecular weight excluding hydrogens is 255 g/mol. The van der Waals surface area contributed by atoms with E-state index in [9.17, 15) is 9.18 Å². The van der Waals surface area contributed by atoms with Crippen LogP contribution in [0.15, 0.2) is 42.5 Å². The molecule has 0 saturated heterocycles. The lowest BCUT2D eigenvalue weighted by molar-refractivity contribution is 0.0940. The molecule has 0 aliphatic rings.